The summed E-state index contributed by atoms with van der Waals surface area (Å²) in [6.07, 6.45) is 0. The van der Waals surface area contributed by atoms with Crippen molar-refractivity contribution in [3.05, 3.63) is 187 Å². The minimum Gasteiger partial charge on any atom is -0.208 e. The zero-order chi connectivity index (χ0) is 36.7. The lowest BCUT2D eigenvalue weighted by atomic mass is 9.82. The lowest BCUT2D eigenvalue weighted by Crippen LogP contribution is -2.15. The highest BCUT2D eigenvalue weighted by molar-refractivity contribution is 6.27. The summed E-state index contributed by atoms with van der Waals surface area (Å²) in [7, 11) is 0. The molecule has 10 aromatic rings. The van der Waals surface area contributed by atoms with Crippen molar-refractivity contribution in [2.24, 2.45) is 0 Å². The maximum atomic E-state index is 5.22. The van der Waals surface area contributed by atoms with Gasteiger partial charge in [-0.15, -0.1) is 0 Å². The van der Waals surface area contributed by atoms with E-state index in [0.29, 0.717) is 17.5 Å². The Morgan fingerprint density at radius 2 is 0.891 bits per heavy atom. The third-order valence-electron chi connectivity index (χ3n) is 11.7. The van der Waals surface area contributed by atoms with Crippen LogP contribution in [0.2, 0.25) is 0 Å². The van der Waals surface area contributed by atoms with Gasteiger partial charge < -0.3 is 0 Å². The van der Waals surface area contributed by atoms with Gasteiger partial charge >= 0.3 is 0 Å². The first-order valence-corrected chi connectivity index (χ1v) is 18.9. The topological polar surface area (TPSA) is 38.7 Å². The largest absolute Gasteiger partial charge is 0.208 e. The molecule has 0 saturated carbocycles. The van der Waals surface area contributed by atoms with Gasteiger partial charge in [-0.1, -0.05) is 178 Å². The molecule has 0 unspecified atom stereocenters. The maximum Gasteiger partial charge on any atom is 0.164 e. The SMILES string of the molecule is CC1(C)c2ccccc2-c2ccc(-c3nc(-c4ccccc4)nc(-c4cccc(-c5cccc6ccc7ccc8c9ccccc9ccc8c7c56)c4)n3)cc21. The smallest absolute Gasteiger partial charge is 0.164 e. The second-order valence-electron chi connectivity index (χ2n) is 15.2. The zero-order valence-corrected chi connectivity index (χ0v) is 30.6. The van der Waals surface area contributed by atoms with E-state index in [9.17, 15) is 0 Å². The van der Waals surface area contributed by atoms with Gasteiger partial charge in [0.1, 0.15) is 0 Å². The van der Waals surface area contributed by atoms with E-state index in [-0.39, 0.29) is 5.41 Å². The summed E-state index contributed by atoms with van der Waals surface area (Å²) in [4.78, 5) is 15.4. The van der Waals surface area contributed by atoms with E-state index in [1.54, 1.807) is 0 Å². The van der Waals surface area contributed by atoms with Crippen LogP contribution in [0.4, 0.5) is 0 Å². The van der Waals surface area contributed by atoms with Gasteiger partial charge in [0, 0.05) is 22.1 Å². The number of aromatic nitrogens is 3. The first-order valence-electron chi connectivity index (χ1n) is 18.9. The molecule has 0 amide bonds. The standard InChI is InChI=1S/C52H35N3/c1-52(2)45-21-9-8-19-42(45)43-28-26-38(31-46(43)52)51-54-49(35-13-4-3-5-14-35)53-50(55-51)37-17-10-16-36(30-37)40-20-11-15-33-22-23-34-25-27-41-39-18-7-6-12-32(39)24-29-44(41)48(34)47(33)40/h3-31H,1-2H3. The Kier molecular flexibility index (Phi) is 6.90. The molecule has 0 aliphatic heterocycles. The molecule has 0 saturated heterocycles. The molecule has 1 heterocycles. The molecule has 1 aliphatic rings. The number of hydrogen-bond donors (Lipinski definition) is 0. The maximum absolute atomic E-state index is 5.22. The second-order valence-corrected chi connectivity index (χ2v) is 15.2. The number of fused-ring (bicyclic) bond motifs is 10. The van der Waals surface area contributed by atoms with Crippen LogP contribution in [-0.2, 0) is 5.41 Å². The molecule has 0 atom stereocenters. The average Bonchev–Trinajstić information content (AvgIpc) is 3.48. The molecular formula is C52H35N3. The van der Waals surface area contributed by atoms with Crippen molar-refractivity contribution in [1.82, 2.24) is 15.0 Å². The third-order valence-corrected chi connectivity index (χ3v) is 11.7. The highest BCUT2D eigenvalue weighted by Crippen LogP contribution is 2.49. The molecule has 11 rings (SSSR count). The van der Waals surface area contributed by atoms with Gasteiger partial charge in [-0.3, -0.25) is 0 Å². The normalized spacial score (nSPS) is 13.1. The van der Waals surface area contributed by atoms with E-state index < -0.39 is 0 Å². The van der Waals surface area contributed by atoms with Crippen LogP contribution < -0.4 is 0 Å². The molecule has 1 aliphatic carbocycles. The summed E-state index contributed by atoms with van der Waals surface area (Å²) < 4.78 is 0. The Morgan fingerprint density at radius 1 is 0.327 bits per heavy atom. The molecule has 55 heavy (non-hydrogen) atoms. The predicted molar refractivity (Wildman–Crippen MR) is 229 cm³/mol. The molecule has 3 nitrogen and oxygen atoms in total. The highest BCUT2D eigenvalue weighted by Gasteiger charge is 2.35. The van der Waals surface area contributed by atoms with Crippen molar-refractivity contribution in [3.8, 4) is 56.4 Å². The molecule has 3 heteroatoms. The highest BCUT2D eigenvalue weighted by atomic mass is 15.0. The summed E-state index contributed by atoms with van der Waals surface area (Å²) in [6.45, 7) is 4.62. The number of rotatable bonds is 4. The molecular weight excluding hydrogens is 667 g/mol. The Hall–Kier alpha value is -6.97. The van der Waals surface area contributed by atoms with Gasteiger partial charge in [-0.05, 0) is 88.6 Å². The summed E-state index contributed by atoms with van der Waals surface area (Å²) in [5.74, 6) is 1.97. The predicted octanol–water partition coefficient (Wildman–Crippen LogP) is 13.5. The quantitative estimate of drug-likeness (QED) is 0.171. The van der Waals surface area contributed by atoms with Gasteiger partial charge in [0.2, 0.25) is 0 Å². The van der Waals surface area contributed by atoms with Crippen molar-refractivity contribution in [1.29, 1.82) is 0 Å². The Bertz CT molecular complexity index is 3180. The van der Waals surface area contributed by atoms with E-state index in [4.69, 9.17) is 15.0 Å². The van der Waals surface area contributed by atoms with Crippen LogP contribution in [-0.4, -0.2) is 15.0 Å². The summed E-state index contributed by atoms with van der Waals surface area (Å²) in [6, 6.07) is 63.2. The molecule has 258 valence electrons. The molecule has 1 aromatic heterocycles. The van der Waals surface area contributed by atoms with Crippen molar-refractivity contribution in [2.45, 2.75) is 19.3 Å². The molecule has 0 spiro atoms. The van der Waals surface area contributed by atoms with E-state index in [2.05, 4.69) is 172 Å². The van der Waals surface area contributed by atoms with Gasteiger partial charge in [0.25, 0.3) is 0 Å². The third kappa shape index (κ3) is 4.93. The van der Waals surface area contributed by atoms with E-state index in [0.717, 1.165) is 22.3 Å². The first-order chi connectivity index (χ1) is 27.0. The van der Waals surface area contributed by atoms with Crippen molar-refractivity contribution in [3.63, 3.8) is 0 Å². The zero-order valence-electron chi connectivity index (χ0n) is 30.6. The van der Waals surface area contributed by atoms with Crippen LogP contribution in [0.3, 0.4) is 0 Å². The number of nitrogens with zero attached hydrogens (tertiary/aromatic N) is 3. The van der Waals surface area contributed by atoms with Crippen LogP contribution in [0.1, 0.15) is 25.0 Å². The molecule has 9 aromatic carbocycles. The van der Waals surface area contributed by atoms with E-state index in [1.165, 1.54) is 70.9 Å². The molecule has 0 fully saturated rings. The van der Waals surface area contributed by atoms with Gasteiger partial charge in [0.05, 0.1) is 0 Å². The monoisotopic (exact) mass is 701 g/mol. The minimum atomic E-state index is -0.130. The van der Waals surface area contributed by atoms with Crippen LogP contribution in [0.15, 0.2) is 176 Å². The van der Waals surface area contributed by atoms with Gasteiger partial charge in [-0.25, -0.2) is 15.0 Å². The Morgan fingerprint density at radius 3 is 1.75 bits per heavy atom. The Balaban J connectivity index is 1.10. The van der Waals surface area contributed by atoms with Crippen molar-refractivity contribution >= 4 is 43.1 Å². The second kappa shape index (κ2) is 12.0. The van der Waals surface area contributed by atoms with Crippen molar-refractivity contribution in [2.75, 3.05) is 0 Å². The fraction of sp³-hybridized carbons (Fsp3) is 0.0577. The fourth-order valence-electron chi connectivity index (χ4n) is 8.95. The Labute approximate surface area is 319 Å². The lowest BCUT2D eigenvalue weighted by Gasteiger charge is -2.21. The first kappa shape index (κ1) is 31.5. The molecule has 0 bridgehead atoms. The lowest BCUT2D eigenvalue weighted by molar-refractivity contribution is 0.660. The molecule has 0 N–H and O–H groups in total. The van der Waals surface area contributed by atoms with Crippen LogP contribution in [0, 0.1) is 0 Å². The fourth-order valence-corrected chi connectivity index (χ4v) is 8.95. The molecule has 0 radical (unpaired) electrons. The van der Waals surface area contributed by atoms with Gasteiger partial charge in [0.15, 0.2) is 17.5 Å². The van der Waals surface area contributed by atoms with Gasteiger partial charge in [-0.2, -0.15) is 0 Å². The van der Waals surface area contributed by atoms with Crippen molar-refractivity contribution < 1.29 is 0 Å². The summed E-state index contributed by atoms with van der Waals surface area (Å²) in [5.41, 5.74) is 10.3. The van der Waals surface area contributed by atoms with Crippen LogP contribution >= 0.6 is 0 Å². The summed E-state index contributed by atoms with van der Waals surface area (Å²) in [5, 5.41) is 10.0. The van der Waals surface area contributed by atoms with Crippen LogP contribution in [0.25, 0.3) is 99.5 Å². The van der Waals surface area contributed by atoms with E-state index >= 15 is 0 Å². The summed E-state index contributed by atoms with van der Waals surface area (Å²) >= 11 is 0. The van der Waals surface area contributed by atoms with Crippen LogP contribution in [0.5, 0.6) is 0 Å². The number of hydrogen-bond acceptors (Lipinski definition) is 3. The number of benzene rings is 9. The van der Waals surface area contributed by atoms with E-state index in [1.807, 2.05) is 18.2 Å². The minimum absolute atomic E-state index is 0.130. The average molecular weight is 702 g/mol.